The molecular weight excluding hydrogens is 258 g/mol. The molecule has 1 amide bonds. The van der Waals surface area contributed by atoms with E-state index in [4.69, 9.17) is 6.42 Å². The number of nitrogens with zero attached hydrogens (tertiary/aromatic N) is 1. The number of hydrogen-bond acceptors (Lipinski definition) is 3. The van der Waals surface area contributed by atoms with Gasteiger partial charge in [-0.1, -0.05) is 12.8 Å². The summed E-state index contributed by atoms with van der Waals surface area (Å²) in [5, 5.41) is 12.8. The largest absolute Gasteiger partial charge is 0.338 e. The number of carbonyl (C=O) groups excluding carboxylic acids is 1. The third-order valence-corrected chi connectivity index (χ3v) is 2.37. The van der Waals surface area contributed by atoms with Crippen molar-refractivity contribution < 1.29 is 18.5 Å². The first-order valence-corrected chi connectivity index (χ1v) is 5.31. The Morgan fingerprint density at radius 3 is 2.68 bits per heavy atom. The first kappa shape index (κ1) is 14.6. The molecule has 0 saturated carbocycles. The fraction of sp³-hybridized carbons (Fsp3) is 0.250. The number of nitrogens with one attached hydrogen (secondary N) is 1. The second kappa shape index (κ2) is 5.91. The maximum absolute atomic E-state index is 13.7. The van der Waals surface area contributed by atoms with Crippen LogP contribution in [0.4, 0.5) is 14.5 Å². The van der Waals surface area contributed by atoms with Crippen molar-refractivity contribution in [2.75, 3.05) is 0 Å². The van der Waals surface area contributed by atoms with Crippen LogP contribution in [0.5, 0.6) is 0 Å². The Labute approximate surface area is 107 Å². The van der Waals surface area contributed by atoms with Crippen LogP contribution in [0.2, 0.25) is 0 Å². The molecule has 0 aliphatic carbocycles. The number of terminal acetylenes is 1. The molecule has 1 N–H and O–H groups in total. The van der Waals surface area contributed by atoms with E-state index >= 15 is 0 Å². The molecule has 1 aromatic rings. The van der Waals surface area contributed by atoms with Gasteiger partial charge in [0.05, 0.1) is 22.6 Å². The first-order valence-electron chi connectivity index (χ1n) is 5.31. The second-order valence-electron chi connectivity index (χ2n) is 3.64. The van der Waals surface area contributed by atoms with Crippen molar-refractivity contribution in [3.8, 4) is 12.3 Å². The Balaban J connectivity index is 3.17. The Morgan fingerprint density at radius 2 is 2.21 bits per heavy atom. The lowest BCUT2D eigenvalue weighted by Gasteiger charge is -2.11. The molecule has 1 unspecified atom stereocenters. The van der Waals surface area contributed by atoms with Crippen molar-refractivity contribution in [2.24, 2.45) is 0 Å². The molecule has 0 aliphatic heterocycles. The predicted octanol–water partition coefficient (Wildman–Crippen LogP) is 2.01. The molecule has 100 valence electrons. The fourth-order valence-electron chi connectivity index (χ4n) is 1.37. The average Bonchev–Trinajstić information content (AvgIpc) is 2.37. The number of rotatable bonds is 4. The van der Waals surface area contributed by atoms with Gasteiger partial charge in [-0.3, -0.25) is 14.9 Å². The van der Waals surface area contributed by atoms with E-state index in [0.29, 0.717) is 18.6 Å². The van der Waals surface area contributed by atoms with Crippen LogP contribution in [-0.2, 0) is 0 Å². The summed E-state index contributed by atoms with van der Waals surface area (Å²) in [6.07, 6.45) is 5.51. The van der Waals surface area contributed by atoms with Crippen molar-refractivity contribution in [1.29, 1.82) is 0 Å². The Kier molecular flexibility index (Phi) is 4.53. The van der Waals surface area contributed by atoms with Gasteiger partial charge in [0.2, 0.25) is 5.82 Å². The van der Waals surface area contributed by atoms with Crippen molar-refractivity contribution in [2.45, 2.75) is 19.4 Å². The standard InChI is InChI=1S/C12H10F2N2O3/c1-3-8(4-2)15-12(17)9-5-7(13)6-10(11(9)14)16(18)19/h1,5-6,8H,4H2,2H3,(H,15,17). The quantitative estimate of drug-likeness (QED) is 0.516. The molecule has 0 heterocycles. The highest BCUT2D eigenvalue weighted by Gasteiger charge is 2.24. The molecule has 1 aromatic carbocycles. The minimum atomic E-state index is -1.39. The van der Waals surface area contributed by atoms with E-state index in [2.05, 4.69) is 11.2 Å². The maximum Gasteiger partial charge on any atom is 0.308 e. The van der Waals surface area contributed by atoms with E-state index in [-0.39, 0.29) is 0 Å². The molecule has 0 spiro atoms. The fourth-order valence-corrected chi connectivity index (χ4v) is 1.37. The van der Waals surface area contributed by atoms with Gasteiger partial charge in [0.1, 0.15) is 5.82 Å². The summed E-state index contributed by atoms with van der Waals surface area (Å²) in [7, 11) is 0. The zero-order valence-electron chi connectivity index (χ0n) is 9.94. The molecule has 0 bridgehead atoms. The number of carbonyl (C=O) groups is 1. The van der Waals surface area contributed by atoms with Crippen LogP contribution in [-0.4, -0.2) is 16.9 Å². The van der Waals surface area contributed by atoms with Gasteiger partial charge in [-0.2, -0.15) is 4.39 Å². The summed E-state index contributed by atoms with van der Waals surface area (Å²) in [5.41, 5.74) is -1.85. The molecule has 0 radical (unpaired) electrons. The van der Waals surface area contributed by atoms with Gasteiger partial charge >= 0.3 is 5.69 Å². The number of amides is 1. The third kappa shape index (κ3) is 3.25. The van der Waals surface area contributed by atoms with Gasteiger partial charge in [-0.15, -0.1) is 6.42 Å². The van der Waals surface area contributed by atoms with Gasteiger partial charge in [-0.05, 0) is 12.5 Å². The lowest BCUT2D eigenvalue weighted by molar-refractivity contribution is -0.387. The zero-order valence-corrected chi connectivity index (χ0v) is 9.94. The van der Waals surface area contributed by atoms with Crippen molar-refractivity contribution in [3.63, 3.8) is 0 Å². The summed E-state index contributed by atoms with van der Waals surface area (Å²) < 4.78 is 26.8. The molecule has 5 nitrogen and oxygen atoms in total. The number of halogens is 2. The van der Waals surface area contributed by atoms with E-state index in [9.17, 15) is 23.7 Å². The zero-order chi connectivity index (χ0) is 14.6. The van der Waals surface area contributed by atoms with Crippen LogP contribution in [0, 0.1) is 34.1 Å². The summed E-state index contributed by atoms with van der Waals surface area (Å²) in [4.78, 5) is 21.1. The topological polar surface area (TPSA) is 72.2 Å². The average molecular weight is 268 g/mol. The van der Waals surface area contributed by atoms with Crippen LogP contribution >= 0.6 is 0 Å². The van der Waals surface area contributed by atoms with Gasteiger partial charge < -0.3 is 5.32 Å². The first-order chi connectivity index (χ1) is 8.90. The summed E-state index contributed by atoms with van der Waals surface area (Å²) in [5.74, 6) is -1.22. The van der Waals surface area contributed by atoms with Gasteiger partial charge in [0.15, 0.2) is 0 Å². The predicted molar refractivity (Wildman–Crippen MR) is 63.4 cm³/mol. The normalized spacial score (nSPS) is 11.5. The van der Waals surface area contributed by atoms with E-state index in [1.807, 2.05) is 0 Å². The Bertz CT molecular complexity index is 567. The van der Waals surface area contributed by atoms with Gasteiger partial charge in [0, 0.05) is 0 Å². The Hall–Kier alpha value is -2.49. The molecule has 7 heteroatoms. The van der Waals surface area contributed by atoms with E-state index in [1.54, 1.807) is 6.92 Å². The molecular formula is C12H10F2N2O3. The van der Waals surface area contributed by atoms with Gasteiger partial charge in [0.25, 0.3) is 5.91 Å². The monoisotopic (exact) mass is 268 g/mol. The van der Waals surface area contributed by atoms with E-state index in [0.717, 1.165) is 0 Å². The van der Waals surface area contributed by atoms with Gasteiger partial charge in [-0.25, -0.2) is 4.39 Å². The molecule has 19 heavy (non-hydrogen) atoms. The highest BCUT2D eigenvalue weighted by Crippen LogP contribution is 2.22. The summed E-state index contributed by atoms with van der Waals surface area (Å²) >= 11 is 0. The minimum Gasteiger partial charge on any atom is -0.338 e. The van der Waals surface area contributed by atoms with E-state index < -0.39 is 39.8 Å². The van der Waals surface area contributed by atoms with Crippen molar-refractivity contribution in [3.05, 3.63) is 39.4 Å². The molecule has 1 atom stereocenters. The third-order valence-electron chi connectivity index (χ3n) is 2.37. The SMILES string of the molecule is C#CC(CC)NC(=O)c1cc(F)cc([N+](=O)[O-])c1F. The molecule has 1 rings (SSSR count). The molecule has 0 aromatic heterocycles. The summed E-state index contributed by atoms with van der Waals surface area (Å²) in [6, 6.07) is 0.333. The minimum absolute atomic E-state index is 0.390. The van der Waals surface area contributed by atoms with Crippen LogP contribution in [0.25, 0.3) is 0 Å². The number of hydrogen-bond donors (Lipinski definition) is 1. The van der Waals surface area contributed by atoms with Crippen molar-refractivity contribution >= 4 is 11.6 Å². The van der Waals surface area contributed by atoms with Crippen molar-refractivity contribution in [1.82, 2.24) is 5.32 Å². The summed E-state index contributed by atoms with van der Waals surface area (Å²) in [6.45, 7) is 1.69. The molecule has 0 saturated heterocycles. The highest BCUT2D eigenvalue weighted by atomic mass is 19.1. The van der Waals surface area contributed by atoms with Crippen LogP contribution in [0.15, 0.2) is 12.1 Å². The highest BCUT2D eigenvalue weighted by molar-refractivity contribution is 5.95. The maximum atomic E-state index is 13.7. The smallest absolute Gasteiger partial charge is 0.308 e. The van der Waals surface area contributed by atoms with Crippen LogP contribution in [0.3, 0.4) is 0 Å². The second-order valence-corrected chi connectivity index (χ2v) is 3.64. The lowest BCUT2D eigenvalue weighted by Crippen LogP contribution is -2.33. The molecule has 0 fully saturated rings. The number of nitro benzene ring substituents is 1. The Morgan fingerprint density at radius 1 is 1.58 bits per heavy atom. The van der Waals surface area contributed by atoms with Crippen LogP contribution in [0.1, 0.15) is 23.7 Å². The number of benzene rings is 1. The molecule has 0 aliphatic rings. The van der Waals surface area contributed by atoms with Crippen LogP contribution < -0.4 is 5.32 Å². The van der Waals surface area contributed by atoms with E-state index in [1.165, 1.54) is 0 Å². The lowest BCUT2D eigenvalue weighted by atomic mass is 10.1. The number of nitro groups is 1.